The van der Waals surface area contributed by atoms with Crippen LogP contribution in [0.2, 0.25) is 5.02 Å². The third-order valence-corrected chi connectivity index (χ3v) is 2.27. The van der Waals surface area contributed by atoms with E-state index in [0.29, 0.717) is 6.07 Å². The molecule has 1 N–H and O–H groups in total. The molecule has 0 unspecified atom stereocenters. The van der Waals surface area contributed by atoms with Crippen molar-refractivity contribution in [3.63, 3.8) is 0 Å². The number of aromatic nitrogens is 1. The monoisotopic (exact) mass is 289 g/mol. The molecule has 0 aliphatic rings. The molecule has 0 bridgehead atoms. The summed E-state index contributed by atoms with van der Waals surface area (Å²) in [4.78, 5) is 13.3. The van der Waals surface area contributed by atoms with Crippen molar-refractivity contribution in [1.82, 2.24) is 4.98 Å². The van der Waals surface area contributed by atoms with Crippen LogP contribution in [0.3, 0.4) is 0 Å². The largest absolute Gasteiger partial charge is 0.481 e. The highest BCUT2D eigenvalue weighted by Crippen LogP contribution is 2.38. The molecular formula is C9H5ClF5NO2. The van der Waals surface area contributed by atoms with Gasteiger partial charge in [-0.3, -0.25) is 4.79 Å². The topological polar surface area (TPSA) is 50.2 Å². The van der Waals surface area contributed by atoms with Gasteiger partial charge in [-0.2, -0.15) is 13.2 Å². The van der Waals surface area contributed by atoms with Gasteiger partial charge in [0.05, 0.1) is 17.1 Å². The first-order valence-corrected chi connectivity index (χ1v) is 4.77. The van der Waals surface area contributed by atoms with Gasteiger partial charge < -0.3 is 5.11 Å². The molecule has 0 aliphatic heterocycles. The fourth-order valence-corrected chi connectivity index (χ4v) is 1.48. The van der Waals surface area contributed by atoms with Gasteiger partial charge >= 0.3 is 12.1 Å². The summed E-state index contributed by atoms with van der Waals surface area (Å²) in [5.74, 6) is -1.49. The van der Waals surface area contributed by atoms with Crippen molar-refractivity contribution in [2.45, 2.75) is 19.0 Å². The zero-order chi connectivity index (χ0) is 14.1. The van der Waals surface area contributed by atoms with E-state index >= 15 is 0 Å². The zero-order valence-corrected chi connectivity index (χ0v) is 9.19. The standard InChI is InChI=1S/C9H5ClF5NO2/c10-6-4(8(11)12)1-3(2-5(17)18)16-7(6)9(13,14)15/h1,8H,2H2,(H,17,18). The summed E-state index contributed by atoms with van der Waals surface area (Å²) >= 11 is 5.19. The van der Waals surface area contributed by atoms with Crippen LogP contribution >= 0.6 is 11.6 Å². The lowest BCUT2D eigenvalue weighted by atomic mass is 10.1. The first-order valence-electron chi connectivity index (χ1n) is 4.39. The first kappa shape index (κ1) is 14.6. The molecule has 0 atom stereocenters. The Hall–Kier alpha value is -1.44. The zero-order valence-electron chi connectivity index (χ0n) is 8.43. The minimum absolute atomic E-state index is 0.552. The third-order valence-electron chi connectivity index (χ3n) is 1.87. The van der Waals surface area contributed by atoms with E-state index < -0.39 is 47.0 Å². The molecule has 0 aliphatic carbocycles. The molecule has 1 aromatic heterocycles. The molecule has 3 nitrogen and oxygen atoms in total. The van der Waals surface area contributed by atoms with Gasteiger partial charge in [-0.1, -0.05) is 11.6 Å². The van der Waals surface area contributed by atoms with Crippen molar-refractivity contribution >= 4 is 17.6 Å². The van der Waals surface area contributed by atoms with Crippen molar-refractivity contribution in [3.8, 4) is 0 Å². The normalized spacial score (nSPS) is 11.9. The number of halogens is 6. The summed E-state index contributed by atoms with van der Waals surface area (Å²) in [5, 5.41) is 7.20. The smallest absolute Gasteiger partial charge is 0.434 e. The highest BCUT2D eigenvalue weighted by Gasteiger charge is 2.37. The van der Waals surface area contributed by atoms with Crippen molar-refractivity contribution < 1.29 is 31.9 Å². The highest BCUT2D eigenvalue weighted by atomic mass is 35.5. The van der Waals surface area contributed by atoms with Crippen molar-refractivity contribution in [2.75, 3.05) is 0 Å². The average molecular weight is 290 g/mol. The van der Waals surface area contributed by atoms with E-state index in [2.05, 4.69) is 4.98 Å². The lowest BCUT2D eigenvalue weighted by Gasteiger charge is -2.13. The quantitative estimate of drug-likeness (QED) is 0.869. The lowest BCUT2D eigenvalue weighted by molar-refractivity contribution is -0.142. The van der Waals surface area contributed by atoms with E-state index in [0.717, 1.165) is 0 Å². The SMILES string of the molecule is O=C(O)Cc1cc(C(F)F)c(Cl)c(C(F)(F)F)n1. The molecular weight excluding hydrogens is 285 g/mol. The number of rotatable bonds is 3. The minimum Gasteiger partial charge on any atom is -0.481 e. The molecule has 18 heavy (non-hydrogen) atoms. The van der Waals surface area contributed by atoms with Gasteiger partial charge in [0, 0.05) is 5.56 Å². The molecule has 9 heteroatoms. The van der Waals surface area contributed by atoms with Gasteiger partial charge in [-0.05, 0) is 6.07 Å². The number of aliphatic carboxylic acids is 1. The molecule has 0 saturated heterocycles. The first-order chi connectivity index (χ1) is 8.12. The van der Waals surface area contributed by atoms with Crippen molar-refractivity contribution in [1.29, 1.82) is 0 Å². The van der Waals surface area contributed by atoms with E-state index in [1.807, 2.05) is 0 Å². The number of nitrogens with zero attached hydrogens (tertiary/aromatic N) is 1. The van der Waals surface area contributed by atoms with Crippen LogP contribution in [0.4, 0.5) is 22.0 Å². The molecule has 1 aromatic rings. The van der Waals surface area contributed by atoms with Gasteiger partial charge in [0.15, 0.2) is 5.69 Å². The Balaban J connectivity index is 3.42. The second-order valence-corrected chi connectivity index (χ2v) is 3.61. The van der Waals surface area contributed by atoms with E-state index in [4.69, 9.17) is 16.7 Å². The minimum atomic E-state index is -5.03. The van der Waals surface area contributed by atoms with Crippen molar-refractivity contribution in [3.05, 3.63) is 28.0 Å². The van der Waals surface area contributed by atoms with Gasteiger partial charge in [0.25, 0.3) is 6.43 Å². The Labute approximate surface area is 102 Å². The summed E-state index contributed by atoms with van der Waals surface area (Å²) in [7, 11) is 0. The fraction of sp³-hybridized carbons (Fsp3) is 0.333. The highest BCUT2D eigenvalue weighted by molar-refractivity contribution is 6.32. The molecule has 100 valence electrons. The maximum atomic E-state index is 12.5. The number of hydrogen-bond acceptors (Lipinski definition) is 2. The summed E-state index contributed by atoms with van der Waals surface area (Å²) in [6.07, 6.45) is -9.19. The number of pyridine rings is 1. The van der Waals surface area contributed by atoms with Gasteiger partial charge in [0.1, 0.15) is 0 Å². The Morgan fingerprint density at radius 2 is 2.00 bits per heavy atom. The molecule has 0 amide bonds. The van der Waals surface area contributed by atoms with E-state index in [9.17, 15) is 26.7 Å². The summed E-state index contributed by atoms with van der Waals surface area (Å²) < 4.78 is 62.4. The van der Waals surface area contributed by atoms with Crippen LogP contribution in [0.25, 0.3) is 0 Å². The molecule has 1 heterocycles. The van der Waals surface area contributed by atoms with Gasteiger partial charge in [0.2, 0.25) is 0 Å². The number of carboxylic acid groups (broad SMARTS) is 1. The predicted molar refractivity (Wildman–Crippen MR) is 50.5 cm³/mol. The van der Waals surface area contributed by atoms with Crippen LogP contribution in [-0.2, 0) is 17.4 Å². The molecule has 0 radical (unpaired) electrons. The second-order valence-electron chi connectivity index (χ2n) is 3.23. The molecule has 0 aromatic carbocycles. The van der Waals surface area contributed by atoms with Crippen LogP contribution in [0, 0.1) is 0 Å². The average Bonchev–Trinajstić information content (AvgIpc) is 2.17. The van der Waals surface area contributed by atoms with E-state index in [1.165, 1.54) is 0 Å². The summed E-state index contributed by atoms with van der Waals surface area (Å²) in [6.45, 7) is 0. The maximum absolute atomic E-state index is 12.5. The molecule has 0 spiro atoms. The fourth-order valence-electron chi connectivity index (χ4n) is 1.20. The second kappa shape index (κ2) is 5.05. The van der Waals surface area contributed by atoms with Gasteiger partial charge in [-0.15, -0.1) is 0 Å². The molecule has 1 rings (SSSR count). The number of alkyl halides is 5. The van der Waals surface area contributed by atoms with Crippen LogP contribution in [0.15, 0.2) is 6.07 Å². The van der Waals surface area contributed by atoms with E-state index in [1.54, 1.807) is 0 Å². The maximum Gasteiger partial charge on any atom is 0.434 e. The van der Waals surface area contributed by atoms with Crippen LogP contribution < -0.4 is 0 Å². The van der Waals surface area contributed by atoms with Crippen LogP contribution in [-0.4, -0.2) is 16.1 Å². The summed E-state index contributed by atoms with van der Waals surface area (Å²) in [5.41, 5.74) is -3.43. The number of hydrogen-bond donors (Lipinski definition) is 1. The Morgan fingerprint density at radius 1 is 1.44 bits per heavy atom. The summed E-state index contributed by atoms with van der Waals surface area (Å²) in [6, 6.07) is 0.552. The molecule has 0 fully saturated rings. The van der Waals surface area contributed by atoms with Crippen LogP contribution in [0.1, 0.15) is 23.4 Å². The molecule has 0 saturated carbocycles. The Kier molecular flexibility index (Phi) is 4.10. The third kappa shape index (κ3) is 3.28. The van der Waals surface area contributed by atoms with Crippen LogP contribution in [0.5, 0.6) is 0 Å². The Morgan fingerprint density at radius 3 is 2.39 bits per heavy atom. The van der Waals surface area contributed by atoms with Gasteiger partial charge in [-0.25, -0.2) is 13.8 Å². The van der Waals surface area contributed by atoms with E-state index in [-0.39, 0.29) is 0 Å². The lowest BCUT2D eigenvalue weighted by Crippen LogP contribution is -2.14. The predicted octanol–water partition coefficient (Wildman–Crippen LogP) is 3.32. The van der Waals surface area contributed by atoms with Crippen molar-refractivity contribution in [2.24, 2.45) is 0 Å². The Bertz CT molecular complexity index is 475. The number of carboxylic acids is 1. The number of carbonyl (C=O) groups is 1.